The number of carbonyl (C=O) groups excluding carboxylic acids is 3. The lowest BCUT2D eigenvalue weighted by atomic mass is 10.2. The highest BCUT2D eigenvalue weighted by molar-refractivity contribution is 7.12. The van der Waals surface area contributed by atoms with Crippen LogP contribution >= 0.6 is 11.3 Å². The van der Waals surface area contributed by atoms with Gasteiger partial charge in [0.25, 0.3) is 11.8 Å². The van der Waals surface area contributed by atoms with Crippen molar-refractivity contribution in [2.45, 2.75) is 19.4 Å². The van der Waals surface area contributed by atoms with Crippen molar-refractivity contribution in [3.8, 4) is 0 Å². The van der Waals surface area contributed by atoms with Gasteiger partial charge in [-0.3, -0.25) is 14.4 Å². The molecule has 0 fully saturated rings. The zero-order chi connectivity index (χ0) is 20.0. The fraction of sp³-hybridized carbons (Fsp3) is 0.235. The molecule has 27 heavy (non-hydrogen) atoms. The van der Waals surface area contributed by atoms with E-state index in [-0.39, 0.29) is 18.9 Å². The van der Waals surface area contributed by atoms with Crippen molar-refractivity contribution in [2.24, 2.45) is 0 Å². The first-order valence-electron chi connectivity index (χ1n) is 7.75. The molecule has 2 rings (SSSR count). The first-order valence-corrected chi connectivity index (χ1v) is 8.63. The Morgan fingerprint density at radius 2 is 1.89 bits per heavy atom. The van der Waals surface area contributed by atoms with Crippen LogP contribution in [0.25, 0.3) is 0 Å². The number of nitrogens with one attached hydrogen (secondary N) is 2. The highest BCUT2D eigenvalue weighted by atomic mass is 32.1. The van der Waals surface area contributed by atoms with Gasteiger partial charge in [-0.25, -0.2) is 13.2 Å². The Labute approximate surface area is 156 Å². The lowest BCUT2D eigenvalue weighted by Gasteiger charge is -2.14. The van der Waals surface area contributed by atoms with Gasteiger partial charge in [0.2, 0.25) is 0 Å². The summed E-state index contributed by atoms with van der Waals surface area (Å²) >= 11 is 1.25. The molecule has 10 heteroatoms. The predicted octanol–water partition coefficient (Wildman–Crippen LogP) is 2.86. The van der Waals surface area contributed by atoms with Crippen molar-refractivity contribution in [1.29, 1.82) is 0 Å². The van der Waals surface area contributed by atoms with Crippen LogP contribution in [0.3, 0.4) is 0 Å². The van der Waals surface area contributed by atoms with E-state index in [1.54, 1.807) is 17.5 Å². The molecule has 0 saturated carbocycles. The van der Waals surface area contributed by atoms with Gasteiger partial charge in [0, 0.05) is 6.54 Å². The minimum Gasteiger partial charge on any atom is -0.452 e. The molecule has 144 valence electrons. The molecule has 0 saturated heterocycles. The third kappa shape index (κ3) is 5.55. The summed E-state index contributed by atoms with van der Waals surface area (Å²) in [5, 5.41) is 6.27. The van der Waals surface area contributed by atoms with E-state index in [1.165, 1.54) is 18.3 Å². The maximum atomic E-state index is 13.5. The van der Waals surface area contributed by atoms with Gasteiger partial charge >= 0.3 is 5.97 Å². The number of hydrogen-bond acceptors (Lipinski definition) is 5. The van der Waals surface area contributed by atoms with Crippen LogP contribution in [-0.2, 0) is 14.3 Å². The van der Waals surface area contributed by atoms with E-state index in [9.17, 15) is 27.6 Å². The minimum absolute atomic E-state index is 0.00169. The number of carbonyl (C=O) groups is 3. The van der Waals surface area contributed by atoms with Crippen molar-refractivity contribution >= 4 is 34.8 Å². The molecule has 0 aliphatic heterocycles. The third-order valence-corrected chi connectivity index (χ3v) is 4.20. The van der Waals surface area contributed by atoms with Crippen molar-refractivity contribution in [2.75, 3.05) is 11.9 Å². The largest absolute Gasteiger partial charge is 0.452 e. The second-order valence-corrected chi connectivity index (χ2v) is 6.28. The van der Waals surface area contributed by atoms with Gasteiger partial charge in [0.15, 0.2) is 23.6 Å². The van der Waals surface area contributed by atoms with Gasteiger partial charge in [-0.15, -0.1) is 11.3 Å². The summed E-state index contributed by atoms with van der Waals surface area (Å²) in [6.07, 6.45) is -1.49. The molecule has 0 radical (unpaired) electrons. The first-order chi connectivity index (χ1) is 12.8. The molecule has 0 aliphatic rings. The van der Waals surface area contributed by atoms with Crippen LogP contribution in [0.15, 0.2) is 29.6 Å². The molecule has 1 aromatic carbocycles. The third-order valence-electron chi connectivity index (χ3n) is 3.33. The molecule has 1 atom stereocenters. The Kier molecular flexibility index (Phi) is 6.94. The molecule has 1 heterocycles. The number of anilines is 1. The predicted molar refractivity (Wildman–Crippen MR) is 91.8 cm³/mol. The maximum absolute atomic E-state index is 13.5. The molecule has 0 bridgehead atoms. The molecule has 0 spiro atoms. The zero-order valence-electron chi connectivity index (χ0n) is 14.1. The fourth-order valence-electron chi connectivity index (χ4n) is 1.94. The number of hydrogen-bond donors (Lipinski definition) is 2. The first kappa shape index (κ1) is 20.4. The quantitative estimate of drug-likeness (QED) is 0.553. The topological polar surface area (TPSA) is 84.5 Å². The smallest absolute Gasteiger partial charge is 0.308 e. The van der Waals surface area contributed by atoms with Gasteiger partial charge in [-0.2, -0.15) is 0 Å². The number of ether oxygens (including phenoxy) is 1. The summed E-state index contributed by atoms with van der Waals surface area (Å²) in [5.41, 5.74) is -0.579. The normalized spacial score (nSPS) is 11.6. The fourth-order valence-corrected chi connectivity index (χ4v) is 2.58. The number of benzene rings is 1. The average Bonchev–Trinajstić information content (AvgIpc) is 3.16. The molecule has 1 aromatic heterocycles. The molecule has 2 amide bonds. The number of halogens is 3. The summed E-state index contributed by atoms with van der Waals surface area (Å²) in [4.78, 5) is 35.8. The lowest BCUT2D eigenvalue weighted by Crippen LogP contribution is -2.32. The Bertz CT molecular complexity index is 843. The summed E-state index contributed by atoms with van der Waals surface area (Å²) in [6, 6.07) is 4.84. The minimum atomic E-state index is -1.72. The van der Waals surface area contributed by atoms with E-state index in [0.717, 1.165) is 6.07 Å². The summed E-state index contributed by atoms with van der Waals surface area (Å²) in [7, 11) is 0. The Morgan fingerprint density at radius 1 is 1.15 bits per heavy atom. The van der Waals surface area contributed by atoms with E-state index < -0.39 is 41.1 Å². The van der Waals surface area contributed by atoms with Crippen LogP contribution < -0.4 is 10.6 Å². The van der Waals surface area contributed by atoms with Gasteiger partial charge < -0.3 is 15.4 Å². The van der Waals surface area contributed by atoms with Crippen LogP contribution in [0.2, 0.25) is 0 Å². The van der Waals surface area contributed by atoms with E-state index in [4.69, 9.17) is 4.74 Å². The second kappa shape index (κ2) is 9.17. The van der Waals surface area contributed by atoms with Crippen LogP contribution in [0.5, 0.6) is 0 Å². The second-order valence-electron chi connectivity index (χ2n) is 5.33. The molecule has 6 nitrogen and oxygen atoms in total. The maximum Gasteiger partial charge on any atom is 0.308 e. The molecule has 2 aromatic rings. The van der Waals surface area contributed by atoms with Crippen LogP contribution in [0, 0.1) is 17.5 Å². The average molecular weight is 400 g/mol. The molecule has 1 unspecified atom stereocenters. The van der Waals surface area contributed by atoms with Gasteiger partial charge in [-0.05, 0) is 30.5 Å². The molecular formula is C17H15F3N2O4S. The monoisotopic (exact) mass is 400 g/mol. The van der Waals surface area contributed by atoms with E-state index in [2.05, 4.69) is 5.32 Å². The van der Waals surface area contributed by atoms with Crippen LogP contribution in [0.4, 0.5) is 18.9 Å². The number of amides is 2. The number of rotatable bonds is 7. The van der Waals surface area contributed by atoms with Gasteiger partial charge in [-0.1, -0.05) is 6.07 Å². The van der Waals surface area contributed by atoms with Crippen molar-refractivity contribution in [3.63, 3.8) is 0 Å². The van der Waals surface area contributed by atoms with Crippen molar-refractivity contribution < 1.29 is 32.3 Å². The van der Waals surface area contributed by atoms with Crippen LogP contribution in [-0.4, -0.2) is 30.4 Å². The lowest BCUT2D eigenvalue weighted by molar-refractivity contribution is -0.153. The standard InChI is InChI=1S/C17H15F3N2O4S/c1-9(16(24)22-11-5-4-10(18)14(19)15(11)20)26-13(23)6-7-21-17(25)12-3-2-8-27-12/h2-5,8-9H,6-7H2,1H3,(H,21,25)(H,22,24). The SMILES string of the molecule is CC(OC(=O)CCNC(=O)c1cccs1)C(=O)Nc1ccc(F)c(F)c1F. The number of thiophene rings is 1. The molecular weight excluding hydrogens is 385 g/mol. The summed E-state index contributed by atoms with van der Waals surface area (Å²) in [6.45, 7) is 1.23. The van der Waals surface area contributed by atoms with Crippen LogP contribution in [0.1, 0.15) is 23.0 Å². The van der Waals surface area contributed by atoms with Gasteiger partial charge in [0.1, 0.15) is 0 Å². The Hall–Kier alpha value is -2.88. The molecule has 2 N–H and O–H groups in total. The van der Waals surface area contributed by atoms with Crippen molar-refractivity contribution in [1.82, 2.24) is 5.32 Å². The van der Waals surface area contributed by atoms with E-state index in [1.807, 2.05) is 5.32 Å². The number of esters is 1. The van der Waals surface area contributed by atoms with E-state index in [0.29, 0.717) is 10.9 Å². The zero-order valence-corrected chi connectivity index (χ0v) is 14.9. The highest BCUT2D eigenvalue weighted by Crippen LogP contribution is 2.20. The Balaban J connectivity index is 1.79. The van der Waals surface area contributed by atoms with Crippen molar-refractivity contribution in [3.05, 3.63) is 52.0 Å². The molecule has 0 aliphatic carbocycles. The Morgan fingerprint density at radius 3 is 2.56 bits per heavy atom. The summed E-state index contributed by atoms with van der Waals surface area (Å²) in [5.74, 6) is -6.70. The van der Waals surface area contributed by atoms with E-state index >= 15 is 0 Å². The summed E-state index contributed by atoms with van der Waals surface area (Å²) < 4.78 is 44.4. The highest BCUT2D eigenvalue weighted by Gasteiger charge is 2.21. The van der Waals surface area contributed by atoms with Gasteiger partial charge in [0.05, 0.1) is 17.0 Å².